The molecule has 1 atom stereocenters. The van der Waals surface area contributed by atoms with E-state index >= 15 is 4.39 Å². The van der Waals surface area contributed by atoms with E-state index in [0.717, 1.165) is 17.2 Å². The number of likely N-dealkylation sites (tertiary alicyclic amines) is 1. The number of ether oxygens (including phenoxy) is 2. The Balaban J connectivity index is 1.00. The molecule has 17 heteroatoms. The molecule has 0 radical (unpaired) electrons. The molecular weight excluding hydrogens is 738 g/mol. The monoisotopic (exact) mass is 775 g/mol. The molecule has 1 unspecified atom stereocenters. The summed E-state index contributed by atoms with van der Waals surface area (Å²) in [5.74, 6) is -4.34. The molecule has 3 N–H and O–H groups in total. The summed E-state index contributed by atoms with van der Waals surface area (Å²) in [6, 6.07) is 14.2. The number of carbonyl (C=O) groups excluding carboxylic acids is 4. The molecule has 4 heterocycles. The van der Waals surface area contributed by atoms with Crippen LogP contribution in [-0.2, 0) is 28.9 Å². The number of fused-ring (bicyclic) bond motifs is 1. The van der Waals surface area contributed by atoms with Crippen molar-refractivity contribution in [2.24, 2.45) is 0 Å². The lowest BCUT2D eigenvalue weighted by atomic mass is 9.89. The molecule has 13 nitrogen and oxygen atoms in total. The Labute approximate surface area is 318 Å². The number of alkyl halides is 3. The average Bonchev–Trinajstić information content (AvgIpc) is 3.45. The van der Waals surface area contributed by atoms with Gasteiger partial charge in [0.1, 0.15) is 22.9 Å². The molecule has 3 aliphatic rings. The van der Waals surface area contributed by atoms with E-state index in [0.29, 0.717) is 57.1 Å². The maximum absolute atomic E-state index is 15.5. The third-order valence-corrected chi connectivity index (χ3v) is 10.0. The number of piperidine rings is 2. The van der Waals surface area contributed by atoms with Crippen LogP contribution in [0.15, 0.2) is 60.8 Å². The average molecular weight is 776 g/mol. The number of nitrogens with zero attached hydrogens (tertiary/aromatic N) is 4. The van der Waals surface area contributed by atoms with E-state index in [1.54, 1.807) is 19.2 Å². The highest BCUT2D eigenvalue weighted by Crippen LogP contribution is 2.40. The molecule has 3 aromatic carbocycles. The zero-order valence-electron chi connectivity index (χ0n) is 30.3. The maximum atomic E-state index is 15.5. The van der Waals surface area contributed by atoms with Gasteiger partial charge in [-0.05, 0) is 48.1 Å². The van der Waals surface area contributed by atoms with Crippen LogP contribution in [0.1, 0.15) is 74.6 Å². The number of imide groups is 1. The molecule has 4 aromatic rings. The standard InChI is InChI=1S/C39H37F4N7O6/c1-49-20-23-7-4-8-30(33(23)37(49)54)56-36-27(39(41,42)43)18-44-38(48-36)46-29-17-28(40)26(16-31(29)55-2)35(53)45-24-11-13-50(14-12-24)19-21-5-3-6-22(15-21)25-9-10-32(51)47-34(25)52/h3-8,15-18,24-25H,9-14,19-20H2,1-2H3,(H,45,53)(H,44,46,48)(H,47,51,52). The lowest BCUT2D eigenvalue weighted by Crippen LogP contribution is -2.44. The van der Waals surface area contributed by atoms with Gasteiger partial charge in [-0.1, -0.05) is 36.4 Å². The van der Waals surface area contributed by atoms with E-state index in [1.807, 2.05) is 24.3 Å². The minimum Gasteiger partial charge on any atom is -0.495 e. The second-order valence-corrected chi connectivity index (χ2v) is 13.9. The van der Waals surface area contributed by atoms with Gasteiger partial charge in [0.25, 0.3) is 11.8 Å². The van der Waals surface area contributed by atoms with Crippen LogP contribution in [0.25, 0.3) is 0 Å². The summed E-state index contributed by atoms with van der Waals surface area (Å²) in [6.07, 6.45) is -2.43. The van der Waals surface area contributed by atoms with Crippen molar-refractivity contribution in [3.8, 4) is 17.4 Å². The number of benzene rings is 3. The first-order valence-corrected chi connectivity index (χ1v) is 17.9. The summed E-state index contributed by atoms with van der Waals surface area (Å²) in [7, 11) is 2.84. The molecular formula is C39H37F4N7O6. The third kappa shape index (κ3) is 8.12. The quantitative estimate of drug-likeness (QED) is 0.135. The molecule has 0 saturated carbocycles. The van der Waals surface area contributed by atoms with Gasteiger partial charge in [0, 0.05) is 58.0 Å². The van der Waals surface area contributed by atoms with Gasteiger partial charge in [-0.2, -0.15) is 18.2 Å². The second kappa shape index (κ2) is 15.6. The highest BCUT2D eigenvalue weighted by molar-refractivity contribution is 6.01. The first-order valence-electron chi connectivity index (χ1n) is 17.9. The Kier molecular flexibility index (Phi) is 10.6. The Hall–Kier alpha value is -6.10. The number of methoxy groups -OCH3 is 1. The summed E-state index contributed by atoms with van der Waals surface area (Å²) >= 11 is 0. The van der Waals surface area contributed by atoms with Crippen molar-refractivity contribution < 1.29 is 46.2 Å². The molecule has 7 rings (SSSR count). The molecule has 2 fully saturated rings. The fourth-order valence-corrected chi connectivity index (χ4v) is 7.15. The number of anilines is 2. The van der Waals surface area contributed by atoms with E-state index < -0.39 is 41.2 Å². The van der Waals surface area contributed by atoms with Crippen LogP contribution < -0.4 is 25.4 Å². The predicted molar refractivity (Wildman–Crippen MR) is 193 cm³/mol. The van der Waals surface area contributed by atoms with Crippen molar-refractivity contribution in [1.82, 2.24) is 30.4 Å². The van der Waals surface area contributed by atoms with Gasteiger partial charge < -0.3 is 25.0 Å². The molecule has 56 heavy (non-hydrogen) atoms. The number of carbonyl (C=O) groups is 4. The number of hydrogen-bond donors (Lipinski definition) is 3. The summed E-state index contributed by atoms with van der Waals surface area (Å²) in [5, 5.41) is 7.94. The first kappa shape index (κ1) is 38.2. The molecule has 0 aliphatic carbocycles. The number of rotatable bonds is 10. The minimum atomic E-state index is -4.91. The number of amides is 4. The lowest BCUT2D eigenvalue weighted by molar-refractivity contribution is -0.139. The Morgan fingerprint density at radius 3 is 2.52 bits per heavy atom. The van der Waals surface area contributed by atoms with Gasteiger partial charge in [-0.15, -0.1) is 0 Å². The van der Waals surface area contributed by atoms with Gasteiger partial charge in [0.15, 0.2) is 0 Å². The lowest BCUT2D eigenvalue weighted by Gasteiger charge is -2.32. The van der Waals surface area contributed by atoms with Gasteiger partial charge in [-0.3, -0.25) is 29.4 Å². The van der Waals surface area contributed by atoms with Gasteiger partial charge in [0.2, 0.25) is 23.6 Å². The predicted octanol–water partition coefficient (Wildman–Crippen LogP) is 5.68. The highest BCUT2D eigenvalue weighted by atomic mass is 19.4. The van der Waals surface area contributed by atoms with Gasteiger partial charge in [0.05, 0.1) is 29.8 Å². The minimum absolute atomic E-state index is 0.00798. The summed E-state index contributed by atoms with van der Waals surface area (Å²) in [6.45, 7) is 2.20. The molecule has 4 amide bonds. The zero-order valence-corrected chi connectivity index (χ0v) is 30.3. The highest BCUT2D eigenvalue weighted by Gasteiger charge is 2.38. The Bertz CT molecular complexity index is 2210. The van der Waals surface area contributed by atoms with Crippen LogP contribution in [0.3, 0.4) is 0 Å². The van der Waals surface area contributed by atoms with Crippen LogP contribution in [0, 0.1) is 5.82 Å². The van der Waals surface area contributed by atoms with E-state index in [2.05, 4.69) is 30.8 Å². The topological polar surface area (TPSA) is 155 Å². The van der Waals surface area contributed by atoms with Gasteiger partial charge >= 0.3 is 6.18 Å². The van der Waals surface area contributed by atoms with Crippen LogP contribution in [0.2, 0.25) is 0 Å². The fourth-order valence-electron chi connectivity index (χ4n) is 7.15. The molecule has 0 spiro atoms. The molecule has 2 saturated heterocycles. The van der Waals surface area contributed by atoms with Crippen LogP contribution in [-0.4, -0.2) is 76.7 Å². The summed E-state index contributed by atoms with van der Waals surface area (Å²) in [4.78, 5) is 61.2. The third-order valence-electron chi connectivity index (χ3n) is 10.0. The molecule has 3 aliphatic heterocycles. The second-order valence-electron chi connectivity index (χ2n) is 13.9. The number of hydrogen-bond acceptors (Lipinski definition) is 10. The fraction of sp³-hybridized carbons (Fsp3) is 0.333. The summed E-state index contributed by atoms with van der Waals surface area (Å²) < 4.78 is 68.5. The smallest absolute Gasteiger partial charge is 0.423 e. The number of halogens is 4. The van der Waals surface area contributed by atoms with Crippen molar-refractivity contribution in [2.45, 2.75) is 56.9 Å². The largest absolute Gasteiger partial charge is 0.495 e. The van der Waals surface area contributed by atoms with E-state index in [-0.39, 0.29) is 58.6 Å². The van der Waals surface area contributed by atoms with E-state index in [9.17, 15) is 32.3 Å². The van der Waals surface area contributed by atoms with Crippen molar-refractivity contribution in [1.29, 1.82) is 0 Å². The number of nitrogens with one attached hydrogen (secondary N) is 3. The van der Waals surface area contributed by atoms with E-state index in [4.69, 9.17) is 9.47 Å². The van der Waals surface area contributed by atoms with Crippen molar-refractivity contribution in [3.63, 3.8) is 0 Å². The van der Waals surface area contributed by atoms with Crippen LogP contribution in [0.4, 0.5) is 29.2 Å². The molecule has 1 aromatic heterocycles. The van der Waals surface area contributed by atoms with Crippen molar-refractivity contribution in [3.05, 3.63) is 100.0 Å². The Morgan fingerprint density at radius 1 is 1.02 bits per heavy atom. The van der Waals surface area contributed by atoms with E-state index in [1.165, 1.54) is 24.1 Å². The zero-order chi connectivity index (χ0) is 39.7. The normalized spacial score (nSPS) is 17.7. The Morgan fingerprint density at radius 2 is 1.79 bits per heavy atom. The van der Waals surface area contributed by atoms with Crippen LogP contribution in [0.5, 0.6) is 17.4 Å². The van der Waals surface area contributed by atoms with Gasteiger partial charge in [-0.25, -0.2) is 9.37 Å². The molecule has 292 valence electrons. The first-order chi connectivity index (χ1) is 26.8. The van der Waals surface area contributed by atoms with Crippen molar-refractivity contribution >= 4 is 35.3 Å². The summed E-state index contributed by atoms with van der Waals surface area (Å²) in [5.41, 5.74) is 0.911. The maximum Gasteiger partial charge on any atom is 0.423 e. The number of aromatic nitrogens is 2. The van der Waals surface area contributed by atoms with Crippen molar-refractivity contribution in [2.75, 3.05) is 32.6 Å². The SMILES string of the molecule is COc1cc(C(=O)NC2CCN(Cc3cccc(C4CCC(=O)NC4=O)c3)CC2)c(F)cc1Nc1ncc(C(F)(F)F)c(Oc2cccc3c2C(=O)N(C)C3)n1. The molecule has 0 bridgehead atoms. The van der Waals surface area contributed by atoms with Crippen LogP contribution >= 0.6 is 0 Å².